The zero-order valence-electron chi connectivity index (χ0n) is 27.7. The van der Waals surface area contributed by atoms with Crippen LogP contribution in [-0.2, 0) is 5.41 Å². The van der Waals surface area contributed by atoms with E-state index in [0.717, 1.165) is 49.8 Å². The third-order valence-corrected chi connectivity index (χ3v) is 10.3. The Labute approximate surface area is 289 Å². The highest BCUT2D eigenvalue weighted by atomic mass is 16.3. The summed E-state index contributed by atoms with van der Waals surface area (Å²) in [5.74, 6) is 1.95. The lowest BCUT2D eigenvalue weighted by Crippen LogP contribution is -2.15. The first-order valence-corrected chi connectivity index (χ1v) is 17.0. The predicted molar refractivity (Wildman–Crippen MR) is 204 cm³/mol. The van der Waals surface area contributed by atoms with Crippen LogP contribution < -0.4 is 0 Å². The Balaban J connectivity index is 1.12. The second-order valence-electron chi connectivity index (χ2n) is 13.6. The van der Waals surface area contributed by atoms with Crippen LogP contribution in [0.5, 0.6) is 0 Å². The van der Waals surface area contributed by atoms with Crippen molar-refractivity contribution >= 4 is 32.7 Å². The van der Waals surface area contributed by atoms with Crippen LogP contribution in [0, 0.1) is 0 Å². The molecule has 0 N–H and O–H groups in total. The summed E-state index contributed by atoms with van der Waals surface area (Å²) in [7, 11) is 0. The van der Waals surface area contributed by atoms with Crippen molar-refractivity contribution in [3.05, 3.63) is 163 Å². The second kappa shape index (κ2) is 10.8. The SMILES string of the molecule is CC1(C)c2ccccc2-c2c1c1c3cc(-c4ccc(-c5nc(-c6ccccc6)nc(-c6ccccc6)n5)cc4)ccc3oc1c1ccccc21. The molecule has 9 aromatic rings. The maximum Gasteiger partial charge on any atom is 0.164 e. The molecule has 0 aliphatic heterocycles. The number of hydrogen-bond donors (Lipinski definition) is 0. The largest absolute Gasteiger partial charge is 0.455 e. The molecule has 0 amide bonds. The Bertz CT molecular complexity index is 2710. The van der Waals surface area contributed by atoms with Crippen molar-refractivity contribution < 1.29 is 4.42 Å². The van der Waals surface area contributed by atoms with E-state index in [0.29, 0.717) is 17.5 Å². The minimum absolute atomic E-state index is 0.176. The van der Waals surface area contributed by atoms with Crippen molar-refractivity contribution in [2.75, 3.05) is 0 Å². The minimum atomic E-state index is -0.176. The number of rotatable bonds is 4. The van der Waals surface area contributed by atoms with E-state index in [1.54, 1.807) is 0 Å². The first-order chi connectivity index (χ1) is 24.5. The molecule has 0 saturated carbocycles. The van der Waals surface area contributed by atoms with E-state index >= 15 is 0 Å². The summed E-state index contributed by atoms with van der Waals surface area (Å²) in [4.78, 5) is 14.7. The van der Waals surface area contributed by atoms with Gasteiger partial charge in [0.2, 0.25) is 0 Å². The standard InChI is InChI=1S/C46H31N3O/c1-46(2)37-20-12-11-19-35(37)39-33-17-9-10-18-34(33)42-40(41(39)46)36-27-32(25-26-38(36)50-42)28-21-23-31(24-22-28)45-48-43(29-13-5-3-6-14-29)47-44(49-45)30-15-7-4-8-16-30/h3-27H,1-2H3. The van der Waals surface area contributed by atoms with Gasteiger partial charge in [-0.3, -0.25) is 0 Å². The molecule has 2 heterocycles. The van der Waals surface area contributed by atoms with Crippen molar-refractivity contribution in [1.82, 2.24) is 15.0 Å². The van der Waals surface area contributed by atoms with Crippen LogP contribution in [0.3, 0.4) is 0 Å². The Kier molecular flexibility index (Phi) is 6.19. The van der Waals surface area contributed by atoms with Gasteiger partial charge in [0.1, 0.15) is 11.2 Å². The number of furan rings is 1. The molecular formula is C46H31N3O. The Morgan fingerprint density at radius 2 is 0.980 bits per heavy atom. The van der Waals surface area contributed by atoms with E-state index in [9.17, 15) is 0 Å². The molecule has 50 heavy (non-hydrogen) atoms. The van der Waals surface area contributed by atoms with Gasteiger partial charge >= 0.3 is 0 Å². The van der Waals surface area contributed by atoms with E-state index in [1.165, 1.54) is 33.0 Å². The molecule has 1 aliphatic rings. The molecule has 0 saturated heterocycles. The van der Waals surface area contributed by atoms with Crippen LogP contribution >= 0.6 is 0 Å². The van der Waals surface area contributed by atoms with E-state index in [-0.39, 0.29) is 5.41 Å². The molecule has 0 fully saturated rings. The fraction of sp³-hybridized carbons (Fsp3) is 0.0652. The van der Waals surface area contributed by atoms with Gasteiger partial charge in [0.25, 0.3) is 0 Å². The monoisotopic (exact) mass is 641 g/mol. The zero-order valence-corrected chi connectivity index (χ0v) is 27.7. The van der Waals surface area contributed by atoms with Gasteiger partial charge in [-0.15, -0.1) is 0 Å². The smallest absolute Gasteiger partial charge is 0.164 e. The molecule has 7 aromatic carbocycles. The Hall–Kier alpha value is -6.39. The molecule has 0 unspecified atom stereocenters. The molecule has 10 rings (SSSR count). The summed E-state index contributed by atoms with van der Waals surface area (Å²) in [6.45, 7) is 4.70. The average Bonchev–Trinajstić information content (AvgIpc) is 3.67. The highest BCUT2D eigenvalue weighted by Crippen LogP contribution is 2.56. The lowest BCUT2D eigenvalue weighted by molar-refractivity contribution is 0.659. The average molecular weight is 642 g/mol. The van der Waals surface area contributed by atoms with Crippen LogP contribution in [0.15, 0.2) is 156 Å². The Morgan fingerprint density at radius 3 is 1.64 bits per heavy atom. The van der Waals surface area contributed by atoms with Gasteiger partial charge < -0.3 is 4.42 Å². The Morgan fingerprint density at radius 1 is 0.460 bits per heavy atom. The minimum Gasteiger partial charge on any atom is -0.455 e. The van der Waals surface area contributed by atoms with E-state index in [4.69, 9.17) is 19.4 Å². The number of fused-ring (bicyclic) bond motifs is 10. The fourth-order valence-corrected chi connectivity index (χ4v) is 7.91. The number of nitrogens with zero attached hydrogens (tertiary/aromatic N) is 3. The van der Waals surface area contributed by atoms with E-state index < -0.39 is 0 Å². The lowest BCUT2D eigenvalue weighted by Gasteiger charge is -2.22. The first kappa shape index (κ1) is 28.6. The summed E-state index contributed by atoms with van der Waals surface area (Å²) < 4.78 is 6.72. The van der Waals surface area contributed by atoms with Gasteiger partial charge in [0, 0.05) is 38.3 Å². The quantitative estimate of drug-likeness (QED) is 0.192. The van der Waals surface area contributed by atoms with Crippen LogP contribution in [0.25, 0.3) is 89.1 Å². The molecule has 236 valence electrons. The van der Waals surface area contributed by atoms with Gasteiger partial charge in [-0.05, 0) is 50.9 Å². The highest BCUT2D eigenvalue weighted by Gasteiger charge is 2.39. The number of benzene rings is 7. The normalized spacial score (nSPS) is 13.2. The molecular weight excluding hydrogens is 611 g/mol. The summed E-state index contributed by atoms with van der Waals surface area (Å²) in [5, 5.41) is 4.74. The van der Waals surface area contributed by atoms with Gasteiger partial charge in [0.05, 0.1) is 0 Å². The summed E-state index contributed by atoms with van der Waals surface area (Å²) in [6.07, 6.45) is 0. The predicted octanol–water partition coefficient (Wildman–Crippen LogP) is 11.9. The van der Waals surface area contributed by atoms with Crippen molar-refractivity contribution in [1.29, 1.82) is 0 Å². The molecule has 0 radical (unpaired) electrons. The second-order valence-corrected chi connectivity index (χ2v) is 13.6. The van der Waals surface area contributed by atoms with Gasteiger partial charge in [-0.2, -0.15) is 0 Å². The molecule has 4 nitrogen and oxygen atoms in total. The zero-order chi connectivity index (χ0) is 33.4. The topological polar surface area (TPSA) is 51.8 Å². The molecule has 0 atom stereocenters. The summed E-state index contributed by atoms with van der Waals surface area (Å²) in [6, 6.07) is 52.8. The fourth-order valence-electron chi connectivity index (χ4n) is 7.91. The van der Waals surface area contributed by atoms with Gasteiger partial charge in [-0.25, -0.2) is 15.0 Å². The number of aromatic nitrogens is 3. The summed E-state index contributed by atoms with van der Waals surface area (Å²) >= 11 is 0. The van der Waals surface area contributed by atoms with Crippen LogP contribution in [0.4, 0.5) is 0 Å². The highest BCUT2D eigenvalue weighted by molar-refractivity contribution is 6.23. The van der Waals surface area contributed by atoms with Crippen molar-refractivity contribution in [2.45, 2.75) is 19.3 Å². The maximum absolute atomic E-state index is 6.72. The van der Waals surface area contributed by atoms with Crippen molar-refractivity contribution in [2.24, 2.45) is 0 Å². The van der Waals surface area contributed by atoms with Crippen LogP contribution in [-0.4, -0.2) is 15.0 Å². The van der Waals surface area contributed by atoms with Crippen LogP contribution in [0.2, 0.25) is 0 Å². The molecule has 4 heteroatoms. The van der Waals surface area contributed by atoms with Gasteiger partial charge in [-0.1, -0.05) is 153 Å². The van der Waals surface area contributed by atoms with Gasteiger partial charge in [0.15, 0.2) is 17.5 Å². The molecule has 0 bridgehead atoms. The first-order valence-electron chi connectivity index (χ1n) is 17.0. The van der Waals surface area contributed by atoms with Crippen LogP contribution in [0.1, 0.15) is 25.0 Å². The number of hydrogen-bond acceptors (Lipinski definition) is 4. The van der Waals surface area contributed by atoms with Crippen molar-refractivity contribution in [3.8, 4) is 56.4 Å². The third kappa shape index (κ3) is 4.28. The molecule has 0 spiro atoms. The van der Waals surface area contributed by atoms with E-state index in [1.807, 2.05) is 60.7 Å². The van der Waals surface area contributed by atoms with E-state index in [2.05, 4.69) is 105 Å². The summed E-state index contributed by atoms with van der Waals surface area (Å²) in [5.41, 5.74) is 12.1. The lowest BCUT2D eigenvalue weighted by atomic mass is 9.79. The molecule has 2 aromatic heterocycles. The third-order valence-electron chi connectivity index (χ3n) is 10.3. The maximum atomic E-state index is 6.72. The molecule has 1 aliphatic carbocycles. The van der Waals surface area contributed by atoms with Crippen molar-refractivity contribution in [3.63, 3.8) is 0 Å².